The highest BCUT2D eigenvalue weighted by molar-refractivity contribution is 7.89. The second-order valence-electron chi connectivity index (χ2n) is 5.69. The Bertz CT molecular complexity index is 583. The zero-order chi connectivity index (χ0) is 15.5. The molecule has 0 aliphatic heterocycles. The molecule has 1 aliphatic carbocycles. The summed E-state index contributed by atoms with van der Waals surface area (Å²) in [4.78, 5) is 0.153. The van der Waals surface area contributed by atoms with E-state index in [-0.39, 0.29) is 15.8 Å². The number of hydrogen-bond acceptors (Lipinski definition) is 2. The van der Waals surface area contributed by atoms with Crippen molar-refractivity contribution in [2.45, 2.75) is 42.9 Å². The normalized spacial score (nSPS) is 17.3. The third-order valence-corrected chi connectivity index (χ3v) is 6.69. The van der Waals surface area contributed by atoms with Crippen LogP contribution in [0.3, 0.4) is 0 Å². The third kappa shape index (κ3) is 4.13. The van der Waals surface area contributed by atoms with Crippen molar-refractivity contribution in [2.24, 2.45) is 5.92 Å². The van der Waals surface area contributed by atoms with Crippen LogP contribution in [0.1, 0.15) is 37.7 Å². The molecule has 1 fully saturated rings. The van der Waals surface area contributed by atoms with Gasteiger partial charge in [-0.15, -0.1) is 11.6 Å². The number of rotatable bonds is 5. The number of alkyl halides is 1. The molecule has 1 aromatic carbocycles. The summed E-state index contributed by atoms with van der Waals surface area (Å²) in [5.74, 6) is 0.722. The van der Waals surface area contributed by atoms with Crippen LogP contribution in [0, 0.1) is 5.92 Å². The van der Waals surface area contributed by atoms with Crippen molar-refractivity contribution >= 4 is 33.2 Å². The van der Waals surface area contributed by atoms with Gasteiger partial charge in [0.1, 0.15) is 4.90 Å². The molecule has 0 atom stereocenters. The van der Waals surface area contributed by atoms with E-state index in [9.17, 15) is 8.42 Å². The average molecular weight is 350 g/mol. The molecule has 0 amide bonds. The quantitative estimate of drug-likeness (QED) is 0.744. The monoisotopic (exact) mass is 349 g/mol. The lowest BCUT2D eigenvalue weighted by Gasteiger charge is -2.27. The van der Waals surface area contributed by atoms with Crippen molar-refractivity contribution in [3.05, 3.63) is 28.8 Å². The Hall–Kier alpha value is -0.290. The summed E-state index contributed by atoms with van der Waals surface area (Å²) in [6.07, 6.45) is 5.86. The molecule has 0 aromatic heterocycles. The summed E-state index contributed by atoms with van der Waals surface area (Å²) >= 11 is 11.9. The summed E-state index contributed by atoms with van der Waals surface area (Å²) in [5.41, 5.74) is 0.755. The second-order valence-corrected chi connectivity index (χ2v) is 8.38. The second kappa shape index (κ2) is 7.32. The van der Waals surface area contributed by atoms with E-state index in [0.717, 1.165) is 18.4 Å². The molecule has 0 bridgehead atoms. The van der Waals surface area contributed by atoms with Crippen LogP contribution in [-0.2, 0) is 15.9 Å². The molecule has 1 aromatic rings. The van der Waals surface area contributed by atoms with Crippen molar-refractivity contribution in [3.63, 3.8) is 0 Å². The first-order valence-corrected chi connectivity index (χ1v) is 9.61. The highest BCUT2D eigenvalue weighted by Gasteiger charge is 2.26. The van der Waals surface area contributed by atoms with Crippen LogP contribution in [0.4, 0.5) is 0 Å². The smallest absolute Gasteiger partial charge is 0.207 e. The molecule has 1 aliphatic rings. The highest BCUT2D eigenvalue weighted by atomic mass is 35.5. The predicted octanol–water partition coefficient (Wildman–Crippen LogP) is 4.28. The van der Waals surface area contributed by atoms with E-state index in [1.165, 1.54) is 23.6 Å². The first-order chi connectivity index (χ1) is 9.95. The Morgan fingerprint density at radius 1 is 1.24 bits per heavy atom. The van der Waals surface area contributed by atoms with Crippen LogP contribution in [-0.4, -0.2) is 26.3 Å². The summed E-state index contributed by atoms with van der Waals surface area (Å²) < 4.78 is 26.8. The largest absolute Gasteiger partial charge is 0.244 e. The van der Waals surface area contributed by atoms with Crippen molar-refractivity contribution in [1.29, 1.82) is 0 Å². The van der Waals surface area contributed by atoms with Gasteiger partial charge < -0.3 is 0 Å². The Morgan fingerprint density at radius 2 is 1.90 bits per heavy atom. The molecule has 3 nitrogen and oxygen atoms in total. The van der Waals surface area contributed by atoms with E-state index in [1.54, 1.807) is 25.2 Å². The molecule has 0 radical (unpaired) electrons. The average Bonchev–Trinajstić information content (AvgIpc) is 2.48. The molecule has 2 rings (SSSR count). The fourth-order valence-corrected chi connectivity index (χ4v) is 4.76. The molecule has 1 saturated carbocycles. The Kier molecular flexibility index (Phi) is 5.95. The zero-order valence-electron chi connectivity index (χ0n) is 12.2. The minimum Gasteiger partial charge on any atom is -0.207 e. The number of sulfonamides is 1. The van der Waals surface area contributed by atoms with Crippen LogP contribution in [0.15, 0.2) is 23.1 Å². The SMILES string of the molecule is CN(CC1CCCCC1)S(=O)(=O)c1cc(CCl)ccc1Cl. The third-order valence-electron chi connectivity index (χ3n) is 4.08. The van der Waals surface area contributed by atoms with Gasteiger partial charge in [-0.3, -0.25) is 0 Å². The maximum atomic E-state index is 12.7. The van der Waals surface area contributed by atoms with E-state index in [0.29, 0.717) is 12.5 Å². The predicted molar refractivity (Wildman–Crippen MR) is 87.4 cm³/mol. The maximum absolute atomic E-state index is 12.7. The van der Waals surface area contributed by atoms with Gasteiger partial charge in [-0.1, -0.05) is 36.9 Å². The maximum Gasteiger partial charge on any atom is 0.244 e. The van der Waals surface area contributed by atoms with Crippen LogP contribution < -0.4 is 0 Å². The standard InChI is InChI=1S/C15H21Cl2NO2S/c1-18(11-12-5-3-2-4-6-12)21(19,20)15-9-13(10-16)7-8-14(15)17/h7-9,12H,2-6,10-11H2,1H3. The molecule has 21 heavy (non-hydrogen) atoms. The van der Waals surface area contributed by atoms with E-state index in [2.05, 4.69) is 0 Å². The molecule has 6 heteroatoms. The van der Waals surface area contributed by atoms with Crippen molar-refractivity contribution in [1.82, 2.24) is 4.31 Å². The number of benzene rings is 1. The summed E-state index contributed by atoms with van der Waals surface area (Å²) in [5, 5.41) is 0.249. The Labute approximate surface area is 137 Å². The topological polar surface area (TPSA) is 37.4 Å². The van der Waals surface area contributed by atoms with Crippen molar-refractivity contribution in [2.75, 3.05) is 13.6 Å². The van der Waals surface area contributed by atoms with Crippen LogP contribution >= 0.6 is 23.2 Å². The lowest BCUT2D eigenvalue weighted by molar-refractivity contribution is 0.300. The molecular formula is C15H21Cl2NO2S. The minimum absolute atomic E-state index is 0.153. The number of halogens is 2. The molecule has 0 heterocycles. The first-order valence-electron chi connectivity index (χ1n) is 7.26. The summed E-state index contributed by atoms with van der Waals surface area (Å²) in [6.45, 7) is 0.559. The Balaban J connectivity index is 2.20. The van der Waals surface area contributed by atoms with Crippen LogP contribution in [0.2, 0.25) is 5.02 Å². The summed E-state index contributed by atoms with van der Waals surface area (Å²) in [6, 6.07) is 4.91. The van der Waals surface area contributed by atoms with Gasteiger partial charge in [0.25, 0.3) is 0 Å². The lowest BCUT2D eigenvalue weighted by Crippen LogP contribution is -2.33. The van der Waals surface area contributed by atoms with Gasteiger partial charge in [0.2, 0.25) is 10.0 Å². The van der Waals surface area contributed by atoms with E-state index in [4.69, 9.17) is 23.2 Å². The van der Waals surface area contributed by atoms with Gasteiger partial charge in [0, 0.05) is 19.5 Å². The molecule has 0 unspecified atom stereocenters. The van der Waals surface area contributed by atoms with Gasteiger partial charge >= 0.3 is 0 Å². The molecule has 0 N–H and O–H groups in total. The molecule has 0 spiro atoms. The van der Waals surface area contributed by atoms with Gasteiger partial charge in [0.15, 0.2) is 0 Å². The number of hydrogen-bond donors (Lipinski definition) is 0. The fraction of sp³-hybridized carbons (Fsp3) is 0.600. The summed E-state index contributed by atoms with van der Waals surface area (Å²) in [7, 11) is -1.93. The first kappa shape index (κ1) is 17.1. The molecule has 118 valence electrons. The lowest BCUT2D eigenvalue weighted by atomic mass is 9.89. The van der Waals surface area contributed by atoms with Crippen molar-refractivity contribution < 1.29 is 8.42 Å². The molecular weight excluding hydrogens is 329 g/mol. The Morgan fingerprint density at radius 3 is 2.52 bits per heavy atom. The van der Waals surface area contributed by atoms with Gasteiger partial charge in [-0.25, -0.2) is 12.7 Å². The fourth-order valence-electron chi connectivity index (χ4n) is 2.83. The highest BCUT2D eigenvalue weighted by Crippen LogP contribution is 2.29. The molecule has 0 saturated heterocycles. The van der Waals surface area contributed by atoms with E-state index in [1.807, 2.05) is 0 Å². The van der Waals surface area contributed by atoms with Crippen LogP contribution in [0.5, 0.6) is 0 Å². The minimum atomic E-state index is -3.56. The van der Waals surface area contributed by atoms with Gasteiger partial charge in [0.05, 0.1) is 5.02 Å². The number of nitrogens with zero attached hydrogens (tertiary/aromatic N) is 1. The van der Waals surface area contributed by atoms with E-state index >= 15 is 0 Å². The van der Waals surface area contributed by atoms with Gasteiger partial charge in [-0.05, 0) is 36.5 Å². The van der Waals surface area contributed by atoms with E-state index < -0.39 is 10.0 Å². The van der Waals surface area contributed by atoms with Crippen LogP contribution in [0.25, 0.3) is 0 Å². The zero-order valence-corrected chi connectivity index (χ0v) is 14.5. The van der Waals surface area contributed by atoms with Crippen molar-refractivity contribution in [3.8, 4) is 0 Å². The van der Waals surface area contributed by atoms with Gasteiger partial charge in [-0.2, -0.15) is 0 Å².